The minimum Gasteiger partial charge on any atom is -0.497 e. The fourth-order valence-electron chi connectivity index (χ4n) is 1.74. The molecule has 0 aromatic heterocycles. The van der Waals surface area contributed by atoms with Crippen molar-refractivity contribution in [2.75, 3.05) is 13.7 Å². The number of ether oxygens (including phenoxy) is 1. The summed E-state index contributed by atoms with van der Waals surface area (Å²) in [6, 6.07) is 9.69. The van der Waals surface area contributed by atoms with Gasteiger partial charge in [-0.3, -0.25) is 4.79 Å². The molecule has 2 N–H and O–H groups in total. The number of nitrogens with one attached hydrogen (secondary N) is 2. The topological polar surface area (TPSA) is 74.1 Å². The largest absolute Gasteiger partial charge is 0.497 e. The van der Waals surface area contributed by atoms with Crippen LogP contribution in [0.15, 0.2) is 36.0 Å². The minimum absolute atomic E-state index is 0.0738. The van der Waals surface area contributed by atoms with Crippen LogP contribution in [0, 0.1) is 11.3 Å². The molecule has 0 saturated heterocycles. The van der Waals surface area contributed by atoms with Gasteiger partial charge in [0.2, 0.25) is 0 Å². The lowest BCUT2D eigenvalue weighted by molar-refractivity contribution is -0.118. The van der Waals surface area contributed by atoms with Crippen molar-refractivity contribution >= 4 is 5.91 Å². The van der Waals surface area contributed by atoms with E-state index in [0.717, 1.165) is 17.7 Å². The first kappa shape index (κ1) is 17.6. The van der Waals surface area contributed by atoms with Gasteiger partial charge < -0.3 is 15.4 Å². The maximum Gasteiger partial charge on any atom is 0.263 e. The van der Waals surface area contributed by atoms with Crippen molar-refractivity contribution in [3.63, 3.8) is 0 Å². The van der Waals surface area contributed by atoms with Crippen molar-refractivity contribution in [2.45, 2.75) is 32.7 Å². The highest BCUT2D eigenvalue weighted by atomic mass is 16.5. The number of hydrogen-bond donors (Lipinski definition) is 2. The molecule has 0 atom stereocenters. The van der Waals surface area contributed by atoms with Crippen LogP contribution in [-0.2, 0) is 11.2 Å². The van der Waals surface area contributed by atoms with Crippen molar-refractivity contribution in [1.29, 1.82) is 5.26 Å². The second kappa shape index (κ2) is 8.08. The summed E-state index contributed by atoms with van der Waals surface area (Å²) < 4.78 is 5.10. The Kier molecular flexibility index (Phi) is 6.46. The number of carbonyl (C=O) groups is 1. The van der Waals surface area contributed by atoms with E-state index < -0.39 is 0 Å². The second-order valence-corrected chi connectivity index (χ2v) is 5.93. The molecule has 22 heavy (non-hydrogen) atoms. The molecule has 0 unspecified atom stereocenters. The molecule has 1 aromatic carbocycles. The average Bonchev–Trinajstić information content (AvgIpc) is 2.46. The third-order valence-electron chi connectivity index (χ3n) is 2.82. The maximum atomic E-state index is 11.9. The highest BCUT2D eigenvalue weighted by Crippen LogP contribution is 2.11. The summed E-state index contributed by atoms with van der Waals surface area (Å²) in [4.78, 5) is 11.9. The SMILES string of the molecule is COc1ccc(CCN/C=C(/C#N)C(=O)NC(C)(C)C)cc1. The number of carbonyl (C=O) groups excluding carboxylic acids is 1. The predicted octanol–water partition coefficient (Wildman–Crippen LogP) is 2.15. The molecule has 5 nitrogen and oxygen atoms in total. The van der Waals surface area contributed by atoms with Gasteiger partial charge in [-0.15, -0.1) is 0 Å². The van der Waals surface area contributed by atoms with Crippen molar-refractivity contribution in [1.82, 2.24) is 10.6 Å². The van der Waals surface area contributed by atoms with E-state index in [1.54, 1.807) is 7.11 Å². The molecular weight excluding hydrogens is 278 g/mol. The van der Waals surface area contributed by atoms with Gasteiger partial charge in [0.1, 0.15) is 17.4 Å². The van der Waals surface area contributed by atoms with Crippen LogP contribution in [0.5, 0.6) is 5.75 Å². The predicted molar refractivity (Wildman–Crippen MR) is 86.3 cm³/mol. The van der Waals surface area contributed by atoms with Crippen LogP contribution in [0.2, 0.25) is 0 Å². The highest BCUT2D eigenvalue weighted by molar-refractivity contribution is 5.97. The van der Waals surface area contributed by atoms with E-state index in [1.807, 2.05) is 51.1 Å². The van der Waals surface area contributed by atoms with E-state index in [9.17, 15) is 4.79 Å². The van der Waals surface area contributed by atoms with Gasteiger partial charge >= 0.3 is 0 Å². The molecule has 1 rings (SSSR count). The number of benzene rings is 1. The van der Waals surface area contributed by atoms with Gasteiger partial charge in [0.15, 0.2) is 0 Å². The quantitative estimate of drug-likeness (QED) is 0.480. The van der Waals surface area contributed by atoms with Crippen LogP contribution < -0.4 is 15.4 Å². The Bertz CT molecular complexity index is 563. The standard InChI is InChI=1S/C17H23N3O2/c1-17(2,3)20-16(21)14(11-18)12-19-10-9-13-5-7-15(22-4)8-6-13/h5-8,12,19H,9-10H2,1-4H3,(H,20,21)/b14-12-. The summed E-state index contributed by atoms with van der Waals surface area (Å²) in [6.45, 7) is 6.26. The monoisotopic (exact) mass is 301 g/mol. The van der Waals surface area contributed by atoms with E-state index in [1.165, 1.54) is 6.20 Å². The van der Waals surface area contributed by atoms with Crippen LogP contribution in [0.1, 0.15) is 26.3 Å². The lowest BCUT2D eigenvalue weighted by Crippen LogP contribution is -2.41. The molecule has 0 bridgehead atoms. The smallest absolute Gasteiger partial charge is 0.263 e. The number of hydrogen-bond acceptors (Lipinski definition) is 4. The zero-order valence-electron chi connectivity index (χ0n) is 13.6. The van der Waals surface area contributed by atoms with E-state index >= 15 is 0 Å². The van der Waals surface area contributed by atoms with Gasteiger partial charge in [-0.25, -0.2) is 0 Å². The Morgan fingerprint density at radius 1 is 1.32 bits per heavy atom. The van der Waals surface area contributed by atoms with Gasteiger partial charge in [0.25, 0.3) is 5.91 Å². The highest BCUT2D eigenvalue weighted by Gasteiger charge is 2.16. The Hall–Kier alpha value is -2.48. The molecule has 0 heterocycles. The molecule has 0 aliphatic carbocycles. The number of nitrogens with zero attached hydrogens (tertiary/aromatic N) is 1. The Morgan fingerprint density at radius 2 is 1.95 bits per heavy atom. The molecule has 118 valence electrons. The summed E-state index contributed by atoms with van der Waals surface area (Å²) in [5, 5.41) is 14.8. The minimum atomic E-state index is -0.369. The van der Waals surface area contributed by atoms with Crippen molar-refractivity contribution in [3.8, 4) is 11.8 Å². The van der Waals surface area contributed by atoms with Crippen LogP contribution in [-0.4, -0.2) is 25.1 Å². The average molecular weight is 301 g/mol. The lowest BCUT2D eigenvalue weighted by Gasteiger charge is -2.20. The van der Waals surface area contributed by atoms with Gasteiger partial charge in [-0.2, -0.15) is 5.26 Å². The zero-order valence-corrected chi connectivity index (χ0v) is 13.6. The molecule has 5 heteroatoms. The summed E-state index contributed by atoms with van der Waals surface area (Å²) in [6.07, 6.45) is 2.25. The Labute approximate surface area is 132 Å². The molecule has 0 spiro atoms. The first-order chi connectivity index (χ1) is 10.4. The third kappa shape index (κ3) is 6.31. The number of amides is 1. The normalized spacial score (nSPS) is 11.5. The van der Waals surface area contributed by atoms with Crippen LogP contribution in [0.4, 0.5) is 0 Å². The summed E-state index contributed by atoms with van der Waals surface area (Å²) in [5.74, 6) is 0.453. The number of methoxy groups -OCH3 is 1. The molecule has 0 aliphatic rings. The third-order valence-corrected chi connectivity index (χ3v) is 2.82. The van der Waals surface area contributed by atoms with Crippen LogP contribution in [0.25, 0.3) is 0 Å². The summed E-state index contributed by atoms with van der Waals surface area (Å²) >= 11 is 0. The molecular formula is C17H23N3O2. The summed E-state index contributed by atoms with van der Waals surface area (Å²) in [7, 11) is 1.63. The molecule has 1 aromatic rings. The van der Waals surface area contributed by atoms with Crippen molar-refractivity contribution in [3.05, 3.63) is 41.6 Å². The van der Waals surface area contributed by atoms with E-state index in [-0.39, 0.29) is 17.0 Å². The first-order valence-electron chi connectivity index (χ1n) is 7.15. The fraction of sp³-hybridized carbons (Fsp3) is 0.412. The fourth-order valence-corrected chi connectivity index (χ4v) is 1.74. The zero-order chi connectivity index (χ0) is 16.6. The van der Waals surface area contributed by atoms with Gasteiger partial charge in [-0.05, 0) is 44.9 Å². The van der Waals surface area contributed by atoms with Crippen molar-refractivity contribution in [2.24, 2.45) is 0 Å². The number of nitriles is 1. The molecule has 0 saturated carbocycles. The first-order valence-corrected chi connectivity index (χ1v) is 7.15. The Morgan fingerprint density at radius 3 is 2.45 bits per heavy atom. The van der Waals surface area contributed by atoms with Gasteiger partial charge in [0.05, 0.1) is 7.11 Å². The van der Waals surface area contributed by atoms with E-state index in [4.69, 9.17) is 10.00 Å². The van der Waals surface area contributed by atoms with E-state index in [0.29, 0.717) is 6.54 Å². The molecule has 0 radical (unpaired) electrons. The van der Waals surface area contributed by atoms with Crippen molar-refractivity contribution < 1.29 is 9.53 Å². The molecule has 0 aliphatic heterocycles. The second-order valence-electron chi connectivity index (χ2n) is 5.93. The van der Waals surface area contributed by atoms with Gasteiger partial charge in [-0.1, -0.05) is 12.1 Å². The maximum absolute atomic E-state index is 11.9. The lowest BCUT2D eigenvalue weighted by atomic mass is 10.1. The van der Waals surface area contributed by atoms with Gasteiger partial charge in [0, 0.05) is 18.3 Å². The molecule has 0 fully saturated rings. The Balaban J connectivity index is 2.48. The summed E-state index contributed by atoms with van der Waals surface area (Å²) in [5.41, 5.74) is 0.861. The van der Waals surface area contributed by atoms with E-state index in [2.05, 4.69) is 10.6 Å². The van der Waals surface area contributed by atoms with Crippen LogP contribution in [0.3, 0.4) is 0 Å². The van der Waals surface area contributed by atoms with Crippen LogP contribution >= 0.6 is 0 Å². The number of rotatable bonds is 6. The molecule has 1 amide bonds.